The third kappa shape index (κ3) is 6.98. The molecule has 4 rings (SSSR count). The summed E-state index contributed by atoms with van der Waals surface area (Å²) in [6, 6.07) is 10.5. The molecule has 0 bridgehead atoms. The quantitative estimate of drug-likeness (QED) is 0.286. The Balaban J connectivity index is 1.35. The Morgan fingerprint density at radius 3 is 2.33 bits per heavy atom. The summed E-state index contributed by atoms with van der Waals surface area (Å²) in [5.41, 5.74) is 2.87. The molecule has 11 heteroatoms. The van der Waals surface area contributed by atoms with Crippen molar-refractivity contribution in [2.45, 2.75) is 39.2 Å². The molecule has 39 heavy (non-hydrogen) atoms. The molecule has 0 spiro atoms. The second-order valence-corrected chi connectivity index (χ2v) is 10.1. The lowest BCUT2D eigenvalue weighted by Crippen LogP contribution is -2.46. The van der Waals surface area contributed by atoms with Gasteiger partial charge in [-0.1, -0.05) is 31.1 Å². The number of rotatable bonds is 10. The van der Waals surface area contributed by atoms with E-state index in [1.54, 1.807) is 13.1 Å². The van der Waals surface area contributed by atoms with Gasteiger partial charge in [0.25, 0.3) is 0 Å². The predicted molar refractivity (Wildman–Crippen MR) is 147 cm³/mol. The van der Waals surface area contributed by atoms with E-state index in [1.807, 2.05) is 38.1 Å². The van der Waals surface area contributed by atoms with E-state index in [9.17, 15) is 20.1 Å². The van der Waals surface area contributed by atoms with Crippen molar-refractivity contribution in [2.24, 2.45) is 0 Å². The van der Waals surface area contributed by atoms with Gasteiger partial charge in [-0.05, 0) is 54.6 Å². The summed E-state index contributed by atoms with van der Waals surface area (Å²) < 4.78 is 6.52. The van der Waals surface area contributed by atoms with Crippen LogP contribution >= 0.6 is 0 Å². The van der Waals surface area contributed by atoms with Gasteiger partial charge in [0, 0.05) is 45.8 Å². The Morgan fingerprint density at radius 2 is 1.67 bits per heavy atom. The van der Waals surface area contributed by atoms with E-state index in [4.69, 9.17) is 4.74 Å². The Bertz CT molecular complexity index is 1250. The van der Waals surface area contributed by atoms with Crippen molar-refractivity contribution in [3.8, 4) is 34.6 Å². The minimum atomic E-state index is -0.382. The highest BCUT2D eigenvalue weighted by molar-refractivity contribution is 5.69. The first-order chi connectivity index (χ1) is 18.8. The van der Waals surface area contributed by atoms with Crippen LogP contribution in [0.3, 0.4) is 0 Å². The molecule has 210 valence electrons. The summed E-state index contributed by atoms with van der Waals surface area (Å²) in [7, 11) is 1.56. The second kappa shape index (κ2) is 12.8. The fraction of sp³-hybridized carbons (Fsp3) is 0.464. The number of carbonyl (C=O) groups is 1. The lowest BCUT2D eigenvalue weighted by molar-refractivity contribution is 0.119. The van der Waals surface area contributed by atoms with E-state index < -0.39 is 0 Å². The molecule has 1 saturated heterocycles. The minimum Gasteiger partial charge on any atom is -0.508 e. The first-order valence-electron chi connectivity index (χ1n) is 13.4. The third-order valence-corrected chi connectivity index (χ3v) is 7.03. The SMILES string of the molecule is CNC(=O)OCCCCN1CCN(Cc2ccc(-n3c(O)nnc3-c3cc(C(C)C)c(O)cc3O)cc2)CC1. The number of nitrogens with one attached hydrogen (secondary N) is 1. The summed E-state index contributed by atoms with van der Waals surface area (Å²) in [6.45, 7) is 10.1. The molecule has 0 saturated carbocycles. The number of benzene rings is 2. The topological polar surface area (TPSA) is 136 Å². The summed E-state index contributed by atoms with van der Waals surface area (Å²) in [5, 5.41) is 41.6. The number of unbranched alkanes of at least 4 members (excludes halogenated alkanes) is 1. The van der Waals surface area contributed by atoms with E-state index >= 15 is 0 Å². The van der Waals surface area contributed by atoms with Gasteiger partial charge in [0.2, 0.25) is 0 Å². The van der Waals surface area contributed by atoms with E-state index in [2.05, 4.69) is 25.3 Å². The first kappa shape index (κ1) is 28.2. The summed E-state index contributed by atoms with van der Waals surface area (Å²) in [4.78, 5) is 16.0. The number of aromatic hydroxyl groups is 3. The van der Waals surface area contributed by atoms with Crippen LogP contribution in [0.25, 0.3) is 17.1 Å². The van der Waals surface area contributed by atoms with Gasteiger partial charge in [-0.25, -0.2) is 9.36 Å². The van der Waals surface area contributed by atoms with Gasteiger partial charge >= 0.3 is 12.1 Å². The number of piperazine rings is 1. The zero-order valence-electron chi connectivity index (χ0n) is 22.8. The Hall–Kier alpha value is -3.83. The number of alkyl carbamates (subject to hydrolysis) is 1. The van der Waals surface area contributed by atoms with E-state index in [0.717, 1.165) is 57.7 Å². The van der Waals surface area contributed by atoms with Gasteiger partial charge in [-0.2, -0.15) is 0 Å². The number of hydrogen-bond acceptors (Lipinski definition) is 9. The van der Waals surface area contributed by atoms with Gasteiger partial charge in [0.1, 0.15) is 11.5 Å². The van der Waals surface area contributed by atoms with Crippen molar-refractivity contribution in [3.63, 3.8) is 0 Å². The Labute approximate surface area is 228 Å². The average Bonchev–Trinajstić information content (AvgIpc) is 3.30. The summed E-state index contributed by atoms with van der Waals surface area (Å²) in [5.74, 6) is 0.194. The monoisotopic (exact) mass is 538 g/mol. The number of amides is 1. The van der Waals surface area contributed by atoms with Crippen LogP contribution in [0, 0.1) is 0 Å². The van der Waals surface area contributed by atoms with Crippen LogP contribution in [0.4, 0.5) is 4.79 Å². The zero-order valence-corrected chi connectivity index (χ0v) is 22.8. The maximum absolute atomic E-state index is 11.1. The highest BCUT2D eigenvalue weighted by Gasteiger charge is 2.21. The normalized spacial score (nSPS) is 14.6. The lowest BCUT2D eigenvalue weighted by atomic mass is 9.98. The maximum atomic E-state index is 11.1. The fourth-order valence-electron chi connectivity index (χ4n) is 4.78. The molecule has 1 aromatic heterocycles. The number of carbonyl (C=O) groups excluding carboxylic acids is 1. The van der Waals surface area contributed by atoms with Crippen LogP contribution in [0.5, 0.6) is 17.5 Å². The molecule has 0 atom stereocenters. The van der Waals surface area contributed by atoms with E-state index in [0.29, 0.717) is 23.4 Å². The first-order valence-corrected chi connectivity index (χ1v) is 13.4. The molecule has 4 N–H and O–H groups in total. The van der Waals surface area contributed by atoms with Crippen molar-refractivity contribution in [1.29, 1.82) is 0 Å². The number of nitrogens with zero attached hydrogens (tertiary/aromatic N) is 5. The van der Waals surface area contributed by atoms with E-state index in [1.165, 1.54) is 10.6 Å². The summed E-state index contributed by atoms with van der Waals surface area (Å²) >= 11 is 0. The highest BCUT2D eigenvalue weighted by Crippen LogP contribution is 2.38. The number of phenols is 2. The van der Waals surface area contributed by atoms with Gasteiger partial charge in [0.15, 0.2) is 5.82 Å². The molecular weight excluding hydrogens is 500 g/mol. The smallest absolute Gasteiger partial charge is 0.406 e. The molecular formula is C28H38N6O5. The van der Waals surface area contributed by atoms with Gasteiger partial charge in [-0.3, -0.25) is 4.90 Å². The highest BCUT2D eigenvalue weighted by atomic mass is 16.5. The molecule has 11 nitrogen and oxygen atoms in total. The van der Waals surface area contributed by atoms with Crippen LogP contribution in [0.15, 0.2) is 36.4 Å². The van der Waals surface area contributed by atoms with Crippen molar-refractivity contribution in [2.75, 3.05) is 46.4 Å². The van der Waals surface area contributed by atoms with Gasteiger partial charge < -0.3 is 30.3 Å². The molecule has 2 aromatic carbocycles. The average molecular weight is 539 g/mol. The Kier molecular flexibility index (Phi) is 9.26. The van der Waals surface area contributed by atoms with Gasteiger partial charge in [0.05, 0.1) is 17.9 Å². The molecule has 1 amide bonds. The zero-order chi connectivity index (χ0) is 27.9. The van der Waals surface area contributed by atoms with Crippen molar-refractivity contribution in [1.82, 2.24) is 29.9 Å². The molecule has 3 aromatic rings. The van der Waals surface area contributed by atoms with Crippen LogP contribution in [-0.2, 0) is 11.3 Å². The fourth-order valence-corrected chi connectivity index (χ4v) is 4.78. The number of ether oxygens (including phenoxy) is 1. The standard InChI is InChI=1S/C28H38N6O5/c1-19(2)22-16-23(25(36)17-24(22)35)26-30-31-27(37)34(26)21-8-6-20(7-9-21)18-33-13-11-32(12-14-33)10-4-5-15-39-28(38)29-3/h6-9,16-17,19,35-36H,4-5,10-15,18H2,1-3H3,(H,29,38)(H,31,37). The molecule has 0 radical (unpaired) electrons. The van der Waals surface area contributed by atoms with Crippen molar-refractivity contribution < 1.29 is 24.9 Å². The van der Waals surface area contributed by atoms with Crippen LogP contribution in [0.1, 0.15) is 43.7 Å². The molecule has 2 heterocycles. The van der Waals surface area contributed by atoms with Crippen LogP contribution in [0.2, 0.25) is 0 Å². The molecule has 0 unspecified atom stereocenters. The predicted octanol–water partition coefficient (Wildman–Crippen LogP) is 3.43. The maximum Gasteiger partial charge on any atom is 0.406 e. The number of hydrogen-bond donors (Lipinski definition) is 4. The van der Waals surface area contributed by atoms with Crippen molar-refractivity contribution >= 4 is 6.09 Å². The van der Waals surface area contributed by atoms with Gasteiger partial charge in [-0.15, -0.1) is 5.10 Å². The van der Waals surface area contributed by atoms with Crippen molar-refractivity contribution in [3.05, 3.63) is 47.5 Å². The largest absolute Gasteiger partial charge is 0.508 e. The molecule has 1 fully saturated rings. The molecule has 0 aliphatic carbocycles. The van der Waals surface area contributed by atoms with Crippen LogP contribution in [-0.4, -0.2) is 92.4 Å². The van der Waals surface area contributed by atoms with E-state index in [-0.39, 0.29) is 35.3 Å². The number of aromatic nitrogens is 3. The number of phenolic OH excluding ortho intramolecular Hbond substituents is 2. The summed E-state index contributed by atoms with van der Waals surface area (Å²) in [6.07, 6.45) is 1.47. The van der Waals surface area contributed by atoms with Crippen LogP contribution < -0.4 is 5.32 Å². The minimum absolute atomic E-state index is 0.0131. The second-order valence-electron chi connectivity index (χ2n) is 10.1. The molecule has 1 aliphatic heterocycles. The molecule has 1 aliphatic rings. The lowest BCUT2D eigenvalue weighted by Gasteiger charge is -2.34. The third-order valence-electron chi connectivity index (χ3n) is 7.03. The Morgan fingerprint density at radius 1 is 0.974 bits per heavy atom.